The second-order valence-corrected chi connectivity index (χ2v) is 6.11. The monoisotopic (exact) mass is 310 g/mol. The van der Waals surface area contributed by atoms with E-state index in [2.05, 4.69) is 9.44 Å². The molecular weight excluding hydrogens is 292 g/mol. The molecule has 1 unspecified atom stereocenters. The Bertz CT molecular complexity index is 626. The zero-order valence-electron chi connectivity index (χ0n) is 11.7. The molecule has 0 aromatic heterocycles. The second-order valence-electron chi connectivity index (χ2n) is 4.64. The smallest absolute Gasteiger partial charge is 0.337 e. The lowest BCUT2D eigenvalue weighted by Crippen LogP contribution is -2.48. The predicted octanol–water partition coefficient (Wildman–Crippen LogP) is 0.872. The third kappa shape index (κ3) is 4.30. The van der Waals surface area contributed by atoms with Crippen LogP contribution >= 0.6 is 0 Å². The summed E-state index contributed by atoms with van der Waals surface area (Å²) in [7, 11) is -3.60. The van der Waals surface area contributed by atoms with E-state index in [-0.39, 0.29) is 6.61 Å². The molecule has 7 heteroatoms. The number of nitrogens with one attached hydrogen (secondary N) is 2. The summed E-state index contributed by atoms with van der Waals surface area (Å²) >= 11 is 0. The number of aryl methyl sites for hydroxylation is 1. The van der Waals surface area contributed by atoms with Crippen molar-refractivity contribution >= 4 is 16.2 Å². The van der Waals surface area contributed by atoms with Gasteiger partial charge in [-0.15, -0.1) is 0 Å². The first-order valence-electron chi connectivity index (χ1n) is 6.72. The van der Waals surface area contributed by atoms with Crippen LogP contribution in [0.15, 0.2) is 42.1 Å². The van der Waals surface area contributed by atoms with E-state index in [1.54, 1.807) is 6.92 Å². The second kappa shape index (κ2) is 6.73. The van der Waals surface area contributed by atoms with Crippen LogP contribution in [-0.2, 0) is 26.2 Å². The van der Waals surface area contributed by atoms with Gasteiger partial charge in [0.05, 0.1) is 18.2 Å². The topological polar surface area (TPSA) is 84.5 Å². The average Bonchev–Trinajstić information content (AvgIpc) is 2.45. The van der Waals surface area contributed by atoms with Gasteiger partial charge in [0.15, 0.2) is 0 Å². The fourth-order valence-corrected chi connectivity index (χ4v) is 3.08. The van der Waals surface area contributed by atoms with Crippen molar-refractivity contribution in [3.63, 3.8) is 0 Å². The van der Waals surface area contributed by atoms with Crippen LogP contribution in [0.5, 0.6) is 0 Å². The predicted molar refractivity (Wildman–Crippen MR) is 78.5 cm³/mol. The lowest BCUT2D eigenvalue weighted by Gasteiger charge is -2.24. The van der Waals surface area contributed by atoms with Crippen LogP contribution in [0.4, 0.5) is 0 Å². The van der Waals surface area contributed by atoms with Gasteiger partial charge in [-0.3, -0.25) is 4.72 Å². The molecule has 1 heterocycles. The highest BCUT2D eigenvalue weighted by Gasteiger charge is 2.30. The molecule has 0 fully saturated rings. The summed E-state index contributed by atoms with van der Waals surface area (Å²) in [6.45, 7) is 1.95. The molecule has 0 bridgehead atoms. The van der Waals surface area contributed by atoms with E-state index in [0.717, 1.165) is 5.56 Å². The Hall–Kier alpha value is -1.86. The van der Waals surface area contributed by atoms with Crippen LogP contribution in [0, 0.1) is 0 Å². The number of carbonyl (C=O) groups is 1. The molecule has 0 aliphatic carbocycles. The van der Waals surface area contributed by atoms with Gasteiger partial charge >= 0.3 is 5.97 Å². The van der Waals surface area contributed by atoms with Gasteiger partial charge < -0.3 is 4.74 Å². The highest BCUT2D eigenvalue weighted by Crippen LogP contribution is 2.16. The van der Waals surface area contributed by atoms with E-state index < -0.39 is 22.2 Å². The summed E-state index contributed by atoms with van der Waals surface area (Å²) in [5.74, 6) is -0.509. The lowest BCUT2D eigenvalue weighted by molar-refractivity contribution is -0.138. The maximum absolute atomic E-state index is 11.9. The summed E-state index contributed by atoms with van der Waals surface area (Å²) in [4.78, 5) is 11.9. The molecule has 0 saturated heterocycles. The fraction of sp³-hybridized carbons (Fsp3) is 0.357. The molecule has 1 aromatic carbocycles. The molecule has 0 spiro atoms. The maximum Gasteiger partial charge on any atom is 0.337 e. The highest BCUT2D eigenvalue weighted by molar-refractivity contribution is 7.87. The van der Waals surface area contributed by atoms with Crippen LogP contribution < -0.4 is 9.44 Å². The lowest BCUT2D eigenvalue weighted by atomic mass is 10.0. The van der Waals surface area contributed by atoms with E-state index in [1.165, 1.54) is 6.20 Å². The van der Waals surface area contributed by atoms with Gasteiger partial charge in [0.1, 0.15) is 0 Å². The third-order valence-electron chi connectivity index (χ3n) is 3.12. The van der Waals surface area contributed by atoms with Crippen LogP contribution in [0.2, 0.25) is 0 Å². The van der Waals surface area contributed by atoms with Crippen LogP contribution in [0.1, 0.15) is 18.9 Å². The average molecular weight is 310 g/mol. The van der Waals surface area contributed by atoms with Gasteiger partial charge in [-0.05, 0) is 25.3 Å². The molecule has 1 aliphatic rings. The first kappa shape index (κ1) is 15.5. The van der Waals surface area contributed by atoms with E-state index in [9.17, 15) is 13.2 Å². The van der Waals surface area contributed by atoms with Gasteiger partial charge in [-0.1, -0.05) is 30.3 Å². The van der Waals surface area contributed by atoms with E-state index in [4.69, 9.17) is 4.74 Å². The van der Waals surface area contributed by atoms with Gasteiger partial charge in [0, 0.05) is 6.20 Å². The summed E-state index contributed by atoms with van der Waals surface area (Å²) in [5, 5.41) is 0. The van der Waals surface area contributed by atoms with Crippen molar-refractivity contribution in [2.45, 2.75) is 25.8 Å². The van der Waals surface area contributed by atoms with Gasteiger partial charge in [0.25, 0.3) is 10.2 Å². The standard InChI is InChI=1S/C14H18N2O4S/c1-2-20-14(17)12-10-15-21(18,19)16-13(12)9-8-11-6-4-3-5-7-11/h3-7,10,13,15-16H,2,8-9H2,1H3. The molecule has 0 amide bonds. The van der Waals surface area contributed by atoms with E-state index in [0.29, 0.717) is 18.4 Å². The molecular formula is C14H18N2O4S. The number of hydrogen-bond acceptors (Lipinski definition) is 4. The largest absolute Gasteiger partial charge is 0.463 e. The number of carbonyl (C=O) groups excluding carboxylic acids is 1. The number of esters is 1. The first-order chi connectivity index (χ1) is 10.0. The van der Waals surface area contributed by atoms with Crippen LogP contribution in [-0.4, -0.2) is 27.0 Å². The Balaban J connectivity index is 2.11. The molecule has 1 aliphatic heterocycles. The van der Waals surface area contributed by atoms with Crippen molar-refractivity contribution in [3.05, 3.63) is 47.7 Å². The zero-order chi connectivity index (χ0) is 15.3. The molecule has 114 valence electrons. The molecule has 0 radical (unpaired) electrons. The summed E-state index contributed by atoms with van der Waals surface area (Å²) in [6, 6.07) is 9.09. The van der Waals surface area contributed by atoms with Crippen molar-refractivity contribution in [1.82, 2.24) is 9.44 Å². The van der Waals surface area contributed by atoms with Crippen molar-refractivity contribution in [2.24, 2.45) is 0 Å². The SMILES string of the molecule is CCOC(=O)C1=CNS(=O)(=O)NC1CCc1ccccc1. The van der Waals surface area contributed by atoms with Crippen molar-refractivity contribution < 1.29 is 17.9 Å². The molecule has 21 heavy (non-hydrogen) atoms. The van der Waals surface area contributed by atoms with Crippen molar-refractivity contribution in [3.8, 4) is 0 Å². The molecule has 2 N–H and O–H groups in total. The quantitative estimate of drug-likeness (QED) is 0.791. The molecule has 2 rings (SSSR count). The highest BCUT2D eigenvalue weighted by atomic mass is 32.2. The van der Waals surface area contributed by atoms with Crippen LogP contribution in [0.3, 0.4) is 0 Å². The normalized spacial score (nSPS) is 20.2. The van der Waals surface area contributed by atoms with Gasteiger partial charge in [-0.2, -0.15) is 13.1 Å². The molecule has 6 nitrogen and oxygen atoms in total. The Morgan fingerprint density at radius 3 is 2.67 bits per heavy atom. The first-order valence-corrected chi connectivity index (χ1v) is 8.21. The minimum atomic E-state index is -3.60. The van der Waals surface area contributed by atoms with Crippen molar-refractivity contribution in [1.29, 1.82) is 0 Å². The minimum Gasteiger partial charge on any atom is -0.463 e. The fourth-order valence-electron chi connectivity index (χ4n) is 2.11. The number of rotatable bonds is 5. The maximum atomic E-state index is 11.9. The zero-order valence-corrected chi connectivity index (χ0v) is 12.5. The molecule has 1 atom stereocenters. The minimum absolute atomic E-state index is 0.244. The van der Waals surface area contributed by atoms with Crippen molar-refractivity contribution in [2.75, 3.05) is 6.61 Å². The van der Waals surface area contributed by atoms with E-state index >= 15 is 0 Å². The third-order valence-corrected chi connectivity index (χ3v) is 4.14. The van der Waals surface area contributed by atoms with Gasteiger partial charge in [0.2, 0.25) is 0 Å². The van der Waals surface area contributed by atoms with Crippen LogP contribution in [0.25, 0.3) is 0 Å². The Labute approximate surface area is 124 Å². The summed E-state index contributed by atoms with van der Waals surface area (Å²) < 4.78 is 32.7. The number of hydrogen-bond donors (Lipinski definition) is 2. The Morgan fingerprint density at radius 2 is 2.00 bits per heavy atom. The Morgan fingerprint density at radius 1 is 1.29 bits per heavy atom. The Kier molecular flexibility index (Phi) is 4.98. The van der Waals surface area contributed by atoms with E-state index in [1.807, 2.05) is 30.3 Å². The summed E-state index contributed by atoms with van der Waals surface area (Å²) in [5.41, 5.74) is 1.38. The molecule has 0 saturated carbocycles. The summed E-state index contributed by atoms with van der Waals surface area (Å²) in [6.07, 6.45) is 2.35. The number of ether oxygens (including phenoxy) is 1. The molecule has 1 aromatic rings. The number of benzene rings is 1. The van der Waals surface area contributed by atoms with Gasteiger partial charge in [-0.25, -0.2) is 4.79 Å².